The molecule has 0 aliphatic carbocycles. The van der Waals surface area contributed by atoms with Crippen LogP contribution in [0.4, 0.5) is 17.5 Å². The summed E-state index contributed by atoms with van der Waals surface area (Å²) in [5.74, 6) is 0.644. The number of anilines is 2. The summed E-state index contributed by atoms with van der Waals surface area (Å²) in [6.45, 7) is 4.33. The number of rotatable bonds is 5. The maximum absolute atomic E-state index is 11.0. The molecule has 8 heteroatoms. The third kappa shape index (κ3) is 3.50. The van der Waals surface area contributed by atoms with Crippen LogP contribution in [0.2, 0.25) is 0 Å². The van der Waals surface area contributed by atoms with Gasteiger partial charge in [-0.3, -0.25) is 15.5 Å². The maximum Gasteiger partial charge on any atom is 0.330 e. The van der Waals surface area contributed by atoms with E-state index in [0.29, 0.717) is 12.5 Å². The fraction of sp³-hybridized carbons (Fsp3) is 0.636. The summed E-state index contributed by atoms with van der Waals surface area (Å²) in [4.78, 5) is 18.6. The fourth-order valence-electron chi connectivity index (χ4n) is 1.99. The molecule has 0 aromatic carbocycles. The van der Waals surface area contributed by atoms with Crippen LogP contribution in [-0.4, -0.2) is 39.5 Å². The van der Waals surface area contributed by atoms with E-state index in [1.165, 1.54) is 12.6 Å². The largest absolute Gasteiger partial charge is 0.354 e. The van der Waals surface area contributed by atoms with E-state index in [-0.39, 0.29) is 11.5 Å². The molecule has 0 radical (unpaired) electrons. The molecule has 0 atom stereocenters. The highest BCUT2D eigenvalue weighted by Gasteiger charge is 2.20. The Morgan fingerprint density at radius 3 is 2.79 bits per heavy atom. The van der Waals surface area contributed by atoms with Crippen LogP contribution in [0.25, 0.3) is 0 Å². The Balaban J connectivity index is 2.18. The van der Waals surface area contributed by atoms with Gasteiger partial charge in [0.1, 0.15) is 6.20 Å². The zero-order chi connectivity index (χ0) is 13.7. The van der Waals surface area contributed by atoms with Gasteiger partial charge in [0, 0.05) is 19.6 Å². The molecule has 1 aromatic heterocycles. The van der Waals surface area contributed by atoms with Crippen molar-refractivity contribution in [2.45, 2.75) is 26.2 Å². The highest BCUT2D eigenvalue weighted by atomic mass is 16.6. The Morgan fingerprint density at radius 1 is 1.42 bits per heavy atom. The van der Waals surface area contributed by atoms with Crippen LogP contribution < -0.4 is 10.7 Å². The second-order valence-electron chi connectivity index (χ2n) is 4.37. The molecule has 0 spiro atoms. The van der Waals surface area contributed by atoms with Gasteiger partial charge in [-0.15, -0.1) is 0 Å². The van der Waals surface area contributed by atoms with Gasteiger partial charge in [-0.25, -0.2) is 9.99 Å². The first kappa shape index (κ1) is 13.5. The van der Waals surface area contributed by atoms with Crippen LogP contribution in [0, 0.1) is 10.1 Å². The molecule has 19 heavy (non-hydrogen) atoms. The number of hydrogen-bond acceptors (Lipinski definition) is 7. The zero-order valence-corrected chi connectivity index (χ0v) is 10.9. The first-order chi connectivity index (χ1) is 9.20. The van der Waals surface area contributed by atoms with Crippen molar-refractivity contribution in [3.8, 4) is 0 Å². The molecule has 0 bridgehead atoms. The molecule has 1 aliphatic heterocycles. The molecular weight excluding hydrogens is 248 g/mol. The van der Waals surface area contributed by atoms with Crippen molar-refractivity contribution in [3.05, 3.63) is 16.3 Å². The van der Waals surface area contributed by atoms with Crippen molar-refractivity contribution in [2.24, 2.45) is 0 Å². The van der Waals surface area contributed by atoms with E-state index >= 15 is 0 Å². The van der Waals surface area contributed by atoms with E-state index in [1.54, 1.807) is 0 Å². The third-order valence-corrected chi connectivity index (χ3v) is 2.92. The summed E-state index contributed by atoms with van der Waals surface area (Å²) < 4.78 is 0. The van der Waals surface area contributed by atoms with Gasteiger partial charge in [0.05, 0.1) is 4.92 Å². The Bertz CT molecular complexity index is 447. The van der Waals surface area contributed by atoms with Crippen LogP contribution in [-0.2, 0) is 0 Å². The molecule has 1 fully saturated rings. The molecule has 2 rings (SSSR count). The molecule has 1 aliphatic rings. The molecular formula is C11H18N6O2. The second kappa shape index (κ2) is 6.28. The van der Waals surface area contributed by atoms with Crippen LogP contribution in [0.15, 0.2) is 6.20 Å². The van der Waals surface area contributed by atoms with Gasteiger partial charge in [-0.1, -0.05) is 6.42 Å². The van der Waals surface area contributed by atoms with Crippen LogP contribution >= 0.6 is 0 Å². The van der Waals surface area contributed by atoms with Crippen molar-refractivity contribution in [2.75, 3.05) is 30.4 Å². The molecule has 104 valence electrons. The lowest BCUT2D eigenvalue weighted by atomic mass is 10.2. The standard InChI is InChI=1S/C11H18N6O2/c1-2-12-11-13-8-9(17(18)19)10(14-11)15-16-6-4-3-5-7-16/h8H,2-7H2,1H3,(H2,12,13,14,15). The summed E-state index contributed by atoms with van der Waals surface area (Å²) >= 11 is 0. The lowest BCUT2D eigenvalue weighted by Gasteiger charge is -2.27. The molecule has 8 nitrogen and oxygen atoms in total. The zero-order valence-electron chi connectivity index (χ0n) is 10.9. The Morgan fingerprint density at radius 2 is 2.16 bits per heavy atom. The molecule has 0 amide bonds. The Hall–Kier alpha value is -1.96. The smallest absolute Gasteiger partial charge is 0.330 e. The van der Waals surface area contributed by atoms with Crippen molar-refractivity contribution < 1.29 is 4.92 Å². The highest BCUT2D eigenvalue weighted by Crippen LogP contribution is 2.23. The van der Waals surface area contributed by atoms with Gasteiger partial charge < -0.3 is 5.32 Å². The van der Waals surface area contributed by atoms with E-state index in [4.69, 9.17) is 0 Å². The molecule has 1 saturated heterocycles. The Labute approximate surface area is 111 Å². The minimum absolute atomic E-state index is 0.104. The topological polar surface area (TPSA) is 96.2 Å². The fourth-order valence-corrected chi connectivity index (χ4v) is 1.99. The first-order valence-electron chi connectivity index (χ1n) is 6.47. The lowest BCUT2D eigenvalue weighted by Crippen LogP contribution is -2.35. The number of nitrogens with one attached hydrogen (secondary N) is 2. The van der Waals surface area contributed by atoms with Gasteiger partial charge in [0.2, 0.25) is 11.8 Å². The number of nitro groups is 1. The predicted molar refractivity (Wildman–Crippen MR) is 71.9 cm³/mol. The first-order valence-corrected chi connectivity index (χ1v) is 6.47. The normalized spacial score (nSPS) is 16.1. The van der Waals surface area contributed by atoms with Crippen molar-refractivity contribution in [1.82, 2.24) is 15.0 Å². The number of piperidine rings is 1. The van der Waals surface area contributed by atoms with Gasteiger partial charge >= 0.3 is 5.69 Å². The summed E-state index contributed by atoms with van der Waals surface area (Å²) in [5.41, 5.74) is 2.93. The number of aromatic nitrogens is 2. The summed E-state index contributed by atoms with van der Waals surface area (Å²) in [7, 11) is 0. The monoisotopic (exact) mass is 266 g/mol. The molecule has 1 aromatic rings. The average molecular weight is 266 g/mol. The van der Waals surface area contributed by atoms with Crippen LogP contribution in [0.1, 0.15) is 26.2 Å². The number of hydrazine groups is 1. The quantitative estimate of drug-likeness (QED) is 0.617. The van der Waals surface area contributed by atoms with Crippen molar-refractivity contribution in [3.63, 3.8) is 0 Å². The van der Waals surface area contributed by atoms with Gasteiger partial charge in [-0.05, 0) is 19.8 Å². The maximum atomic E-state index is 11.0. The van der Waals surface area contributed by atoms with E-state index in [9.17, 15) is 10.1 Å². The van der Waals surface area contributed by atoms with Crippen LogP contribution in [0.3, 0.4) is 0 Å². The van der Waals surface area contributed by atoms with Gasteiger partial charge in [0.25, 0.3) is 0 Å². The average Bonchev–Trinajstić information content (AvgIpc) is 2.40. The molecule has 2 heterocycles. The summed E-state index contributed by atoms with van der Waals surface area (Å²) in [6.07, 6.45) is 4.61. The Kier molecular flexibility index (Phi) is 4.45. The van der Waals surface area contributed by atoms with Gasteiger partial charge in [0.15, 0.2) is 0 Å². The van der Waals surface area contributed by atoms with Gasteiger partial charge in [-0.2, -0.15) is 4.98 Å². The minimum Gasteiger partial charge on any atom is -0.354 e. The second-order valence-corrected chi connectivity index (χ2v) is 4.37. The van der Waals surface area contributed by atoms with E-state index < -0.39 is 4.92 Å². The molecule has 2 N–H and O–H groups in total. The summed E-state index contributed by atoms with van der Waals surface area (Å²) in [6, 6.07) is 0. The SMILES string of the molecule is CCNc1ncc([N+](=O)[O-])c(NN2CCCCC2)n1. The van der Waals surface area contributed by atoms with E-state index in [2.05, 4.69) is 20.7 Å². The minimum atomic E-state index is -0.470. The van der Waals surface area contributed by atoms with E-state index in [0.717, 1.165) is 25.9 Å². The molecule has 0 saturated carbocycles. The highest BCUT2D eigenvalue weighted by molar-refractivity contribution is 5.56. The third-order valence-electron chi connectivity index (χ3n) is 2.92. The number of hydrogen-bond donors (Lipinski definition) is 2. The summed E-state index contributed by atoms with van der Waals surface area (Å²) in [5, 5.41) is 15.9. The van der Waals surface area contributed by atoms with Crippen molar-refractivity contribution >= 4 is 17.5 Å². The van der Waals surface area contributed by atoms with E-state index in [1.807, 2.05) is 11.9 Å². The lowest BCUT2D eigenvalue weighted by molar-refractivity contribution is -0.384. The molecule has 0 unspecified atom stereocenters. The van der Waals surface area contributed by atoms with Crippen LogP contribution in [0.5, 0.6) is 0 Å². The predicted octanol–water partition coefficient (Wildman–Crippen LogP) is 1.63. The van der Waals surface area contributed by atoms with Crippen molar-refractivity contribution in [1.29, 1.82) is 0 Å². The number of nitrogens with zero attached hydrogens (tertiary/aromatic N) is 4.